The summed E-state index contributed by atoms with van der Waals surface area (Å²) in [5, 5.41) is 0. The Labute approximate surface area is 222 Å². The Hall–Kier alpha value is -0.660. The van der Waals surface area contributed by atoms with Crippen LogP contribution in [0.25, 0.3) is 0 Å². The average Bonchev–Trinajstić information content (AvgIpc) is 3.24. The summed E-state index contributed by atoms with van der Waals surface area (Å²) in [6, 6.07) is 0. The van der Waals surface area contributed by atoms with Gasteiger partial charge in [-0.1, -0.05) is 156 Å². The Bertz CT molecular complexity index is 446. The fourth-order valence-electron chi connectivity index (χ4n) is 5.72. The van der Waals surface area contributed by atoms with Gasteiger partial charge in [0.05, 0.1) is 0 Å². The minimum absolute atomic E-state index is 0.640. The van der Waals surface area contributed by atoms with Crippen LogP contribution >= 0.6 is 0 Å². The Morgan fingerprint density at radius 1 is 0.371 bits per heavy atom. The highest BCUT2D eigenvalue weighted by atomic mass is 15.4. The summed E-state index contributed by atoms with van der Waals surface area (Å²) in [6.07, 6.45) is 41.1. The molecule has 0 fully saturated rings. The molecule has 208 valence electrons. The molecule has 1 atom stereocenters. The zero-order valence-corrected chi connectivity index (χ0v) is 24.7. The van der Waals surface area contributed by atoms with Crippen LogP contribution in [0.1, 0.15) is 181 Å². The molecule has 1 aliphatic heterocycles. The lowest BCUT2D eigenvalue weighted by Crippen LogP contribution is -2.39. The maximum Gasteiger partial charge on any atom is 0.101 e. The van der Waals surface area contributed by atoms with E-state index in [0.717, 1.165) is 0 Å². The van der Waals surface area contributed by atoms with Crippen LogP contribution in [0.3, 0.4) is 0 Å². The first kappa shape index (κ1) is 32.4. The van der Waals surface area contributed by atoms with Crippen LogP contribution in [0.4, 0.5) is 0 Å². The molecule has 0 aromatic rings. The van der Waals surface area contributed by atoms with E-state index in [1.807, 2.05) is 0 Å². The molecule has 1 rings (SSSR count). The van der Waals surface area contributed by atoms with Gasteiger partial charge in [0, 0.05) is 25.5 Å². The van der Waals surface area contributed by atoms with E-state index < -0.39 is 0 Å². The van der Waals surface area contributed by atoms with Gasteiger partial charge in [-0.05, 0) is 25.7 Å². The molecule has 0 radical (unpaired) electrons. The molecule has 0 spiro atoms. The lowest BCUT2D eigenvalue weighted by Gasteiger charge is -2.33. The fourth-order valence-corrected chi connectivity index (χ4v) is 5.72. The molecular weight excluding hydrogens is 424 g/mol. The minimum Gasteiger partial charge on any atom is -0.356 e. The van der Waals surface area contributed by atoms with Crippen molar-refractivity contribution in [2.45, 2.75) is 187 Å². The van der Waals surface area contributed by atoms with Crippen LogP contribution < -0.4 is 0 Å². The first-order valence-corrected chi connectivity index (χ1v) is 16.5. The molecule has 2 heteroatoms. The molecular formula is C33H66N2. The van der Waals surface area contributed by atoms with Gasteiger partial charge in [0.15, 0.2) is 0 Å². The molecule has 0 aromatic carbocycles. The van der Waals surface area contributed by atoms with Crippen molar-refractivity contribution in [3.8, 4) is 0 Å². The van der Waals surface area contributed by atoms with Gasteiger partial charge in [0.25, 0.3) is 0 Å². The van der Waals surface area contributed by atoms with Gasteiger partial charge >= 0.3 is 0 Å². The average molecular weight is 491 g/mol. The van der Waals surface area contributed by atoms with Gasteiger partial charge in [0.1, 0.15) is 6.17 Å². The minimum atomic E-state index is 0.640. The SMILES string of the molecule is CCCCCCCCCCCCCCCCCN1C=CN(CCC)C1CCCCCCCCCC. The summed E-state index contributed by atoms with van der Waals surface area (Å²) in [6.45, 7) is 9.41. The van der Waals surface area contributed by atoms with E-state index in [1.165, 1.54) is 174 Å². The van der Waals surface area contributed by atoms with Gasteiger partial charge in [-0.25, -0.2) is 0 Å². The molecule has 0 saturated heterocycles. The van der Waals surface area contributed by atoms with Crippen molar-refractivity contribution in [1.82, 2.24) is 9.80 Å². The molecule has 1 aliphatic rings. The number of unbranched alkanes of at least 4 members (excludes halogenated alkanes) is 21. The Balaban J connectivity index is 2.00. The van der Waals surface area contributed by atoms with Crippen molar-refractivity contribution in [2.24, 2.45) is 0 Å². The number of hydrogen-bond donors (Lipinski definition) is 0. The lowest BCUT2D eigenvalue weighted by molar-refractivity contribution is 0.137. The number of nitrogens with zero attached hydrogens (tertiary/aromatic N) is 2. The number of hydrogen-bond acceptors (Lipinski definition) is 2. The van der Waals surface area contributed by atoms with E-state index in [4.69, 9.17) is 0 Å². The lowest BCUT2D eigenvalue weighted by atomic mass is 10.0. The highest BCUT2D eigenvalue weighted by molar-refractivity contribution is 4.96. The third-order valence-corrected chi connectivity index (χ3v) is 8.03. The predicted molar refractivity (Wildman–Crippen MR) is 159 cm³/mol. The first-order chi connectivity index (χ1) is 17.3. The second-order valence-corrected chi connectivity index (χ2v) is 11.5. The summed E-state index contributed by atoms with van der Waals surface area (Å²) >= 11 is 0. The quantitative estimate of drug-likeness (QED) is 0.106. The van der Waals surface area contributed by atoms with Crippen LogP contribution in [0.5, 0.6) is 0 Å². The molecule has 1 heterocycles. The van der Waals surface area contributed by atoms with Crippen molar-refractivity contribution in [3.05, 3.63) is 12.4 Å². The van der Waals surface area contributed by atoms with Gasteiger partial charge < -0.3 is 9.80 Å². The summed E-state index contributed by atoms with van der Waals surface area (Å²) in [4.78, 5) is 5.28. The summed E-state index contributed by atoms with van der Waals surface area (Å²) in [5.41, 5.74) is 0. The maximum absolute atomic E-state index is 2.67. The molecule has 2 nitrogen and oxygen atoms in total. The molecule has 1 unspecified atom stereocenters. The molecule has 35 heavy (non-hydrogen) atoms. The zero-order valence-electron chi connectivity index (χ0n) is 24.7. The van der Waals surface area contributed by atoms with E-state index in [0.29, 0.717) is 6.17 Å². The second kappa shape index (κ2) is 25.0. The van der Waals surface area contributed by atoms with Crippen molar-refractivity contribution in [3.63, 3.8) is 0 Å². The molecule has 0 saturated carbocycles. The van der Waals surface area contributed by atoms with E-state index in [2.05, 4.69) is 43.0 Å². The zero-order chi connectivity index (χ0) is 25.2. The first-order valence-electron chi connectivity index (χ1n) is 16.5. The van der Waals surface area contributed by atoms with E-state index in [9.17, 15) is 0 Å². The summed E-state index contributed by atoms with van der Waals surface area (Å²) in [5.74, 6) is 0. The number of rotatable bonds is 27. The van der Waals surface area contributed by atoms with E-state index in [1.54, 1.807) is 0 Å². The summed E-state index contributed by atoms with van der Waals surface area (Å²) < 4.78 is 0. The second-order valence-electron chi connectivity index (χ2n) is 11.5. The molecule has 0 aromatic heterocycles. The van der Waals surface area contributed by atoms with Crippen LogP contribution in [0, 0.1) is 0 Å². The standard InChI is InChI=1S/C33H66N2/c1-4-7-9-11-13-15-16-17-18-19-20-21-23-25-27-30-35-32-31-34(29-6-3)33(35)28-26-24-22-14-12-10-8-5-2/h31-33H,4-30H2,1-3H3. The van der Waals surface area contributed by atoms with Crippen LogP contribution in [0.15, 0.2) is 12.4 Å². The van der Waals surface area contributed by atoms with Gasteiger partial charge in [-0.2, -0.15) is 0 Å². The molecule has 0 bridgehead atoms. The molecule has 0 aliphatic carbocycles. The van der Waals surface area contributed by atoms with Gasteiger partial charge in [0.2, 0.25) is 0 Å². The highest BCUT2D eigenvalue weighted by Gasteiger charge is 2.24. The Morgan fingerprint density at radius 3 is 1.11 bits per heavy atom. The maximum atomic E-state index is 2.67. The molecule has 0 amide bonds. The van der Waals surface area contributed by atoms with Crippen LogP contribution in [0.2, 0.25) is 0 Å². The van der Waals surface area contributed by atoms with Crippen LogP contribution in [-0.2, 0) is 0 Å². The third kappa shape index (κ3) is 18.3. The monoisotopic (exact) mass is 491 g/mol. The summed E-state index contributed by atoms with van der Waals surface area (Å²) in [7, 11) is 0. The smallest absolute Gasteiger partial charge is 0.101 e. The third-order valence-electron chi connectivity index (χ3n) is 8.03. The van der Waals surface area contributed by atoms with E-state index in [-0.39, 0.29) is 0 Å². The highest BCUT2D eigenvalue weighted by Crippen LogP contribution is 2.23. The molecule has 0 N–H and O–H groups in total. The van der Waals surface area contributed by atoms with Gasteiger partial charge in [-0.15, -0.1) is 0 Å². The van der Waals surface area contributed by atoms with Crippen molar-refractivity contribution in [1.29, 1.82) is 0 Å². The normalized spacial score (nSPS) is 15.6. The topological polar surface area (TPSA) is 6.48 Å². The van der Waals surface area contributed by atoms with Crippen molar-refractivity contribution >= 4 is 0 Å². The van der Waals surface area contributed by atoms with Gasteiger partial charge in [-0.3, -0.25) is 0 Å². The Morgan fingerprint density at radius 2 is 0.714 bits per heavy atom. The largest absolute Gasteiger partial charge is 0.356 e. The van der Waals surface area contributed by atoms with E-state index >= 15 is 0 Å². The predicted octanol–water partition coefficient (Wildman–Crippen LogP) is 11.2. The van der Waals surface area contributed by atoms with Crippen molar-refractivity contribution in [2.75, 3.05) is 13.1 Å². The van der Waals surface area contributed by atoms with Crippen LogP contribution in [-0.4, -0.2) is 29.1 Å². The van der Waals surface area contributed by atoms with Crippen molar-refractivity contribution < 1.29 is 0 Å². The fraction of sp³-hybridized carbons (Fsp3) is 0.939. The Kier molecular flexibility index (Phi) is 23.1.